The summed E-state index contributed by atoms with van der Waals surface area (Å²) in [4.78, 5) is 0. The number of alkyl halides is 3. The van der Waals surface area contributed by atoms with Gasteiger partial charge in [0, 0.05) is 6.20 Å². The van der Waals surface area contributed by atoms with E-state index in [1.807, 2.05) is 0 Å². The molecule has 1 aromatic rings. The third-order valence-electron chi connectivity index (χ3n) is 1.48. The lowest BCUT2D eigenvalue weighted by Gasteiger charge is -2.03. The molecular weight excluding hydrogens is 197 g/mol. The van der Waals surface area contributed by atoms with E-state index in [0.717, 1.165) is 16.9 Å². The molecule has 1 aromatic heterocycles. The van der Waals surface area contributed by atoms with Gasteiger partial charge in [0.1, 0.15) is 6.04 Å². The van der Waals surface area contributed by atoms with Crippen LogP contribution in [0.1, 0.15) is 5.69 Å². The molecule has 1 atom stereocenters. The second-order valence-corrected chi connectivity index (χ2v) is 2.66. The quantitative estimate of drug-likeness (QED) is 0.772. The van der Waals surface area contributed by atoms with E-state index in [9.17, 15) is 13.2 Å². The number of aromatic nitrogens is 2. The summed E-state index contributed by atoms with van der Waals surface area (Å²) in [5.74, 6) is 0. The molecule has 2 N–H and O–H groups in total. The van der Waals surface area contributed by atoms with E-state index in [2.05, 4.69) is 5.10 Å². The van der Waals surface area contributed by atoms with Gasteiger partial charge >= 0.3 is 6.18 Å². The molecule has 0 radical (unpaired) electrons. The van der Waals surface area contributed by atoms with Crippen LogP contribution in [0.25, 0.3) is 0 Å². The Kier molecular flexibility index (Phi) is 2.76. The van der Waals surface area contributed by atoms with Crippen LogP contribution in [0.15, 0.2) is 12.3 Å². The Morgan fingerprint density at radius 2 is 2.29 bits per heavy atom. The van der Waals surface area contributed by atoms with E-state index in [1.165, 1.54) is 0 Å². The van der Waals surface area contributed by atoms with Gasteiger partial charge in [0.05, 0.1) is 12.6 Å². The third-order valence-corrected chi connectivity index (χ3v) is 1.48. The van der Waals surface area contributed by atoms with Crippen LogP contribution in [0, 0.1) is 11.3 Å². The molecule has 0 aromatic carbocycles. The lowest BCUT2D eigenvalue weighted by molar-refractivity contribution is -0.141. The first-order chi connectivity index (χ1) is 6.43. The van der Waals surface area contributed by atoms with Gasteiger partial charge in [-0.3, -0.25) is 4.68 Å². The molecule has 0 bridgehead atoms. The summed E-state index contributed by atoms with van der Waals surface area (Å²) >= 11 is 0. The van der Waals surface area contributed by atoms with Crippen molar-refractivity contribution in [3.63, 3.8) is 0 Å². The molecule has 0 amide bonds. The highest BCUT2D eigenvalue weighted by Gasteiger charge is 2.33. The van der Waals surface area contributed by atoms with Crippen LogP contribution in [0.5, 0.6) is 0 Å². The smallest absolute Gasteiger partial charge is 0.314 e. The fraction of sp³-hybridized carbons (Fsp3) is 0.429. The van der Waals surface area contributed by atoms with E-state index < -0.39 is 17.9 Å². The van der Waals surface area contributed by atoms with Crippen molar-refractivity contribution in [2.24, 2.45) is 5.73 Å². The van der Waals surface area contributed by atoms with E-state index in [1.54, 1.807) is 6.07 Å². The van der Waals surface area contributed by atoms with Gasteiger partial charge in [-0.2, -0.15) is 23.5 Å². The van der Waals surface area contributed by atoms with Crippen LogP contribution in [-0.4, -0.2) is 15.8 Å². The van der Waals surface area contributed by atoms with Crippen molar-refractivity contribution < 1.29 is 13.2 Å². The lowest BCUT2D eigenvalue weighted by Crippen LogP contribution is -2.24. The Morgan fingerprint density at radius 3 is 2.71 bits per heavy atom. The Balaban J connectivity index is 2.75. The zero-order valence-corrected chi connectivity index (χ0v) is 6.99. The normalized spacial score (nSPS) is 13.6. The molecule has 1 rings (SSSR count). The Labute approximate surface area is 77.7 Å². The molecule has 4 nitrogen and oxygen atoms in total. The monoisotopic (exact) mass is 204 g/mol. The van der Waals surface area contributed by atoms with Gasteiger partial charge < -0.3 is 5.73 Å². The van der Waals surface area contributed by atoms with Gasteiger partial charge in [-0.05, 0) is 6.07 Å². The number of halogens is 3. The first-order valence-electron chi connectivity index (χ1n) is 3.69. The molecule has 0 aliphatic rings. The average molecular weight is 204 g/mol. The summed E-state index contributed by atoms with van der Waals surface area (Å²) in [5, 5.41) is 11.6. The maximum Gasteiger partial charge on any atom is 0.435 e. The van der Waals surface area contributed by atoms with Crippen molar-refractivity contribution in [3.05, 3.63) is 18.0 Å². The first-order valence-corrected chi connectivity index (χ1v) is 3.69. The summed E-state index contributed by atoms with van der Waals surface area (Å²) in [7, 11) is 0. The topological polar surface area (TPSA) is 67.6 Å². The van der Waals surface area contributed by atoms with E-state index >= 15 is 0 Å². The number of nitriles is 1. The van der Waals surface area contributed by atoms with Crippen molar-refractivity contribution in [1.29, 1.82) is 5.26 Å². The largest absolute Gasteiger partial charge is 0.435 e. The SMILES string of the molecule is N#CC(N)Cn1ccc(C(F)(F)F)n1. The fourth-order valence-electron chi connectivity index (χ4n) is 0.857. The molecule has 14 heavy (non-hydrogen) atoms. The van der Waals surface area contributed by atoms with Crippen LogP contribution in [0.4, 0.5) is 13.2 Å². The molecule has 7 heteroatoms. The van der Waals surface area contributed by atoms with E-state index in [0.29, 0.717) is 0 Å². The van der Waals surface area contributed by atoms with Crippen molar-refractivity contribution in [2.75, 3.05) is 0 Å². The lowest BCUT2D eigenvalue weighted by atomic mass is 10.3. The number of nitrogens with two attached hydrogens (primary N) is 1. The predicted molar refractivity (Wildman–Crippen MR) is 40.8 cm³/mol. The Morgan fingerprint density at radius 1 is 1.64 bits per heavy atom. The van der Waals surface area contributed by atoms with Gasteiger partial charge in [0.25, 0.3) is 0 Å². The van der Waals surface area contributed by atoms with E-state index in [-0.39, 0.29) is 6.54 Å². The number of hydrogen-bond acceptors (Lipinski definition) is 3. The van der Waals surface area contributed by atoms with Crippen LogP contribution in [0.3, 0.4) is 0 Å². The second-order valence-electron chi connectivity index (χ2n) is 2.66. The number of nitrogens with zero attached hydrogens (tertiary/aromatic N) is 3. The molecule has 1 unspecified atom stereocenters. The van der Waals surface area contributed by atoms with Gasteiger partial charge in [0.2, 0.25) is 0 Å². The van der Waals surface area contributed by atoms with Crippen molar-refractivity contribution >= 4 is 0 Å². The maximum atomic E-state index is 12.0. The van der Waals surface area contributed by atoms with Crippen LogP contribution in [0.2, 0.25) is 0 Å². The highest BCUT2D eigenvalue weighted by Crippen LogP contribution is 2.27. The first kappa shape index (κ1) is 10.5. The highest BCUT2D eigenvalue weighted by molar-refractivity contribution is 5.03. The molecule has 0 saturated heterocycles. The molecular formula is C7H7F3N4. The van der Waals surface area contributed by atoms with Crippen LogP contribution in [-0.2, 0) is 12.7 Å². The summed E-state index contributed by atoms with van der Waals surface area (Å²) in [6, 6.07) is 1.68. The van der Waals surface area contributed by atoms with Gasteiger partial charge in [0.15, 0.2) is 5.69 Å². The van der Waals surface area contributed by atoms with Crippen molar-refractivity contribution in [1.82, 2.24) is 9.78 Å². The van der Waals surface area contributed by atoms with Gasteiger partial charge in [-0.25, -0.2) is 0 Å². The van der Waals surface area contributed by atoms with Crippen LogP contribution < -0.4 is 5.73 Å². The van der Waals surface area contributed by atoms with Gasteiger partial charge in [-0.15, -0.1) is 0 Å². The number of rotatable bonds is 2. The number of hydrogen-bond donors (Lipinski definition) is 1. The zero-order chi connectivity index (χ0) is 10.8. The summed E-state index contributed by atoms with van der Waals surface area (Å²) in [6.07, 6.45) is -3.32. The minimum Gasteiger partial charge on any atom is -0.314 e. The molecule has 0 spiro atoms. The summed E-state index contributed by atoms with van der Waals surface area (Å²) in [5.41, 5.74) is 4.24. The fourth-order valence-corrected chi connectivity index (χ4v) is 0.857. The zero-order valence-electron chi connectivity index (χ0n) is 6.99. The van der Waals surface area contributed by atoms with Crippen molar-refractivity contribution in [2.45, 2.75) is 18.8 Å². The molecule has 0 fully saturated rings. The third kappa shape index (κ3) is 2.47. The minimum absolute atomic E-state index is 0.0490. The molecule has 1 heterocycles. The molecule has 0 saturated carbocycles. The maximum absolute atomic E-state index is 12.0. The van der Waals surface area contributed by atoms with Crippen LogP contribution >= 0.6 is 0 Å². The predicted octanol–water partition coefficient (Wildman–Crippen LogP) is 0.753. The standard InChI is InChI=1S/C7H7F3N4/c8-7(9,10)6-1-2-14(13-6)4-5(12)3-11/h1-2,5H,4,12H2. The van der Waals surface area contributed by atoms with Crippen molar-refractivity contribution in [3.8, 4) is 6.07 Å². The van der Waals surface area contributed by atoms with E-state index in [4.69, 9.17) is 11.0 Å². The highest BCUT2D eigenvalue weighted by atomic mass is 19.4. The Bertz CT molecular complexity index is 349. The second kappa shape index (κ2) is 3.67. The Hall–Kier alpha value is -1.55. The van der Waals surface area contributed by atoms with Gasteiger partial charge in [-0.1, -0.05) is 0 Å². The summed E-state index contributed by atoms with van der Waals surface area (Å²) in [6.45, 7) is -0.0490. The molecule has 76 valence electrons. The summed E-state index contributed by atoms with van der Waals surface area (Å²) < 4.78 is 37.1. The molecule has 0 aliphatic carbocycles. The average Bonchev–Trinajstić information content (AvgIpc) is 2.51. The molecule has 0 aliphatic heterocycles. The minimum atomic E-state index is -4.46.